The Kier molecular flexibility index (Phi) is 10.2. The number of aliphatic imine (C=N–C) groups is 1. The van der Waals surface area contributed by atoms with E-state index in [9.17, 15) is 10.1 Å². The summed E-state index contributed by atoms with van der Waals surface area (Å²) in [5, 5.41) is 13.6. The summed E-state index contributed by atoms with van der Waals surface area (Å²) >= 11 is 7.73. The van der Waals surface area contributed by atoms with Crippen molar-refractivity contribution in [2.45, 2.75) is 19.5 Å². The van der Waals surface area contributed by atoms with Gasteiger partial charge in [0.1, 0.15) is 29.2 Å². The van der Waals surface area contributed by atoms with Gasteiger partial charge >= 0.3 is 0 Å². The number of anilines is 1. The predicted molar refractivity (Wildman–Crippen MR) is 153 cm³/mol. The number of benzene rings is 2. The van der Waals surface area contributed by atoms with Crippen molar-refractivity contribution in [3.05, 3.63) is 74.6 Å². The third-order valence-corrected chi connectivity index (χ3v) is 7.34. The minimum absolute atomic E-state index is 0. The average molecular weight is 576 g/mol. The van der Waals surface area contributed by atoms with Gasteiger partial charge in [-0.2, -0.15) is 5.26 Å². The maximum absolute atomic E-state index is 13.1. The fourth-order valence-corrected chi connectivity index (χ4v) is 5.50. The normalized spacial score (nSPS) is 12.4. The molecule has 2 aromatic carbocycles. The maximum Gasteiger partial charge on any atom is 0.257 e. The monoisotopic (exact) mass is 574 g/mol. The Labute approximate surface area is 236 Å². The van der Waals surface area contributed by atoms with E-state index in [0.717, 1.165) is 35.7 Å². The molecule has 0 spiro atoms. The van der Waals surface area contributed by atoms with Gasteiger partial charge in [0, 0.05) is 24.5 Å². The van der Waals surface area contributed by atoms with Crippen LogP contribution in [-0.2, 0) is 19.5 Å². The Morgan fingerprint density at radius 3 is 2.66 bits per heavy atom. The molecule has 0 saturated carbocycles. The zero-order valence-electron chi connectivity index (χ0n) is 20.7. The number of amides is 1. The SMILES string of the molecule is COc1ccc(CN2CCc3c(sc(NC(=O)c4cc(OCCN=C(N)N)ccc4Cl)c3C#N)C2)cc1.Cl. The van der Waals surface area contributed by atoms with Crippen molar-refractivity contribution in [3.63, 3.8) is 0 Å². The van der Waals surface area contributed by atoms with Gasteiger partial charge < -0.3 is 26.3 Å². The molecule has 0 bridgehead atoms. The quantitative estimate of drug-likeness (QED) is 0.198. The van der Waals surface area contributed by atoms with E-state index < -0.39 is 5.91 Å². The van der Waals surface area contributed by atoms with E-state index in [1.54, 1.807) is 25.3 Å². The number of nitrogens with two attached hydrogens (primary N) is 2. The molecule has 1 amide bonds. The highest BCUT2D eigenvalue weighted by molar-refractivity contribution is 7.16. The maximum atomic E-state index is 13.1. The van der Waals surface area contributed by atoms with E-state index in [0.29, 0.717) is 22.9 Å². The van der Waals surface area contributed by atoms with Crippen LogP contribution in [-0.4, -0.2) is 43.6 Å². The molecule has 5 N–H and O–H groups in total. The molecule has 4 rings (SSSR count). The molecule has 9 nitrogen and oxygen atoms in total. The van der Waals surface area contributed by atoms with Crippen LogP contribution in [0.4, 0.5) is 5.00 Å². The first-order valence-electron chi connectivity index (χ1n) is 11.6. The van der Waals surface area contributed by atoms with Crippen molar-refractivity contribution in [2.24, 2.45) is 16.5 Å². The van der Waals surface area contributed by atoms with E-state index in [2.05, 4.69) is 33.4 Å². The molecule has 38 heavy (non-hydrogen) atoms. The lowest BCUT2D eigenvalue weighted by molar-refractivity contribution is 0.102. The lowest BCUT2D eigenvalue weighted by Gasteiger charge is -2.26. The van der Waals surface area contributed by atoms with Gasteiger partial charge in [0.25, 0.3) is 5.91 Å². The molecule has 1 aromatic heterocycles. The molecule has 0 fully saturated rings. The standard InChI is InChI=1S/C26H27ClN6O3S.ClH/c1-35-17-4-2-16(3-5-17)14-33-10-8-19-21(13-28)25(37-23(19)15-33)32-24(34)20-12-18(6-7-22(20)27)36-11-9-31-26(29)30;/h2-7,12H,8-11,14-15H2,1H3,(H,32,34)(H4,29,30,31);1H. The number of carbonyl (C=O) groups is 1. The van der Waals surface area contributed by atoms with Gasteiger partial charge in [-0.05, 0) is 47.9 Å². The molecule has 1 aliphatic rings. The van der Waals surface area contributed by atoms with Crippen molar-refractivity contribution in [1.29, 1.82) is 5.26 Å². The predicted octanol–water partition coefficient (Wildman–Crippen LogP) is 4.17. The minimum Gasteiger partial charge on any atom is -0.497 e. The van der Waals surface area contributed by atoms with Crippen molar-refractivity contribution in [1.82, 2.24) is 4.90 Å². The number of hydrogen-bond acceptors (Lipinski definition) is 7. The third-order valence-electron chi connectivity index (χ3n) is 5.88. The molecule has 1 aliphatic heterocycles. The van der Waals surface area contributed by atoms with Gasteiger partial charge in [0.2, 0.25) is 0 Å². The second-order valence-electron chi connectivity index (χ2n) is 8.38. The van der Waals surface area contributed by atoms with E-state index >= 15 is 0 Å². The van der Waals surface area contributed by atoms with Gasteiger partial charge in [-0.25, -0.2) is 0 Å². The summed E-state index contributed by atoms with van der Waals surface area (Å²) in [7, 11) is 1.65. The summed E-state index contributed by atoms with van der Waals surface area (Å²) in [5.41, 5.74) is 13.6. The lowest BCUT2D eigenvalue weighted by Crippen LogP contribution is -2.29. The zero-order chi connectivity index (χ0) is 26.4. The first kappa shape index (κ1) is 29.1. The van der Waals surface area contributed by atoms with Gasteiger partial charge in [0.15, 0.2) is 5.96 Å². The summed E-state index contributed by atoms with van der Waals surface area (Å²) < 4.78 is 10.9. The molecule has 0 atom stereocenters. The van der Waals surface area contributed by atoms with Gasteiger partial charge in [0.05, 0.1) is 29.8 Å². The summed E-state index contributed by atoms with van der Waals surface area (Å²) in [5.74, 6) is 0.853. The number of rotatable bonds is 9. The molecule has 12 heteroatoms. The molecule has 3 aromatic rings. The van der Waals surface area contributed by atoms with Crippen LogP contribution in [0.5, 0.6) is 11.5 Å². The van der Waals surface area contributed by atoms with Crippen LogP contribution in [0.2, 0.25) is 5.02 Å². The molecule has 0 radical (unpaired) electrons. The molecule has 2 heterocycles. The van der Waals surface area contributed by atoms with Crippen LogP contribution >= 0.6 is 35.3 Å². The lowest BCUT2D eigenvalue weighted by atomic mass is 10.0. The fraction of sp³-hybridized carbons (Fsp3) is 0.269. The number of nitriles is 1. The highest BCUT2D eigenvalue weighted by Gasteiger charge is 2.26. The molecule has 0 unspecified atom stereocenters. The van der Waals surface area contributed by atoms with Crippen LogP contribution in [0.15, 0.2) is 47.5 Å². The first-order chi connectivity index (χ1) is 17.9. The Morgan fingerprint density at radius 2 is 1.97 bits per heavy atom. The van der Waals surface area contributed by atoms with Crippen LogP contribution in [0.3, 0.4) is 0 Å². The largest absolute Gasteiger partial charge is 0.497 e. The van der Waals surface area contributed by atoms with E-state index in [4.69, 9.17) is 32.5 Å². The molecular weight excluding hydrogens is 547 g/mol. The van der Waals surface area contributed by atoms with Crippen molar-refractivity contribution in [2.75, 3.05) is 32.1 Å². The van der Waals surface area contributed by atoms with Crippen LogP contribution < -0.4 is 26.3 Å². The number of hydrogen-bond donors (Lipinski definition) is 3. The highest BCUT2D eigenvalue weighted by Crippen LogP contribution is 2.37. The van der Waals surface area contributed by atoms with E-state index in [1.807, 2.05) is 12.1 Å². The van der Waals surface area contributed by atoms with Crippen LogP contribution in [0.25, 0.3) is 0 Å². The Bertz CT molecular complexity index is 1350. The number of ether oxygens (including phenoxy) is 2. The van der Waals surface area contributed by atoms with Crippen LogP contribution in [0, 0.1) is 11.3 Å². The summed E-state index contributed by atoms with van der Waals surface area (Å²) in [6.07, 6.45) is 0.737. The molecular formula is C26H28Cl2N6O3S. The minimum atomic E-state index is -0.412. The number of fused-ring (bicyclic) bond motifs is 1. The third kappa shape index (κ3) is 7.08. The van der Waals surface area contributed by atoms with Crippen molar-refractivity contribution >= 4 is 52.2 Å². The highest BCUT2D eigenvalue weighted by atomic mass is 35.5. The molecule has 200 valence electrons. The van der Waals surface area contributed by atoms with Crippen LogP contribution in [0.1, 0.15) is 31.9 Å². The molecule has 0 saturated heterocycles. The number of halogens is 2. The Balaban J connectivity index is 0.00000400. The summed E-state index contributed by atoms with van der Waals surface area (Å²) in [6.45, 7) is 2.84. The average Bonchev–Trinajstić information content (AvgIpc) is 3.23. The smallest absolute Gasteiger partial charge is 0.257 e. The van der Waals surface area contributed by atoms with Crippen molar-refractivity contribution < 1.29 is 14.3 Å². The van der Waals surface area contributed by atoms with E-state index in [-0.39, 0.29) is 42.1 Å². The number of thiophene rings is 1. The summed E-state index contributed by atoms with van der Waals surface area (Å²) in [6, 6.07) is 15.1. The second kappa shape index (κ2) is 13.3. The number of guanidine groups is 1. The number of nitrogens with one attached hydrogen (secondary N) is 1. The number of carbonyl (C=O) groups excluding carboxylic acids is 1. The fourth-order valence-electron chi connectivity index (χ4n) is 4.06. The number of nitrogens with zero attached hydrogens (tertiary/aromatic N) is 3. The molecule has 0 aliphatic carbocycles. The zero-order valence-corrected chi connectivity index (χ0v) is 23.1. The Hall–Kier alpha value is -3.49. The summed E-state index contributed by atoms with van der Waals surface area (Å²) in [4.78, 5) is 20.4. The topological polar surface area (TPSA) is 139 Å². The van der Waals surface area contributed by atoms with Crippen molar-refractivity contribution in [3.8, 4) is 17.6 Å². The van der Waals surface area contributed by atoms with Gasteiger partial charge in [-0.15, -0.1) is 23.7 Å². The second-order valence-corrected chi connectivity index (χ2v) is 9.89. The first-order valence-corrected chi connectivity index (χ1v) is 12.8. The Morgan fingerprint density at radius 1 is 1.24 bits per heavy atom. The van der Waals surface area contributed by atoms with E-state index in [1.165, 1.54) is 16.9 Å². The number of methoxy groups -OCH3 is 1. The van der Waals surface area contributed by atoms with Gasteiger partial charge in [-0.3, -0.25) is 14.7 Å². The van der Waals surface area contributed by atoms with Gasteiger partial charge in [-0.1, -0.05) is 23.7 Å².